The van der Waals surface area contributed by atoms with E-state index in [1.54, 1.807) is 20.8 Å². The molecule has 1 heterocycles. The minimum Gasteiger partial charge on any atom is -0.446 e. The van der Waals surface area contributed by atoms with Crippen LogP contribution in [0.3, 0.4) is 0 Å². The first kappa shape index (κ1) is 20.9. The number of nitrogens with zero attached hydrogens (tertiary/aromatic N) is 2. The molecule has 0 radical (unpaired) electrons. The largest absolute Gasteiger partial charge is 0.446 e. The summed E-state index contributed by atoms with van der Waals surface area (Å²) in [6.07, 6.45) is -2.95. The normalized spacial score (nSPS) is 14.2. The number of hydrogen-bond acceptors (Lipinski definition) is 5. The molecule has 29 heavy (non-hydrogen) atoms. The first-order chi connectivity index (χ1) is 13.6. The molecule has 0 N–H and O–H groups in total. The smallest absolute Gasteiger partial charge is 0.416 e. The van der Waals surface area contributed by atoms with Crippen LogP contribution in [-0.4, -0.2) is 29.7 Å². The molecule has 6 nitrogen and oxygen atoms in total. The van der Waals surface area contributed by atoms with Gasteiger partial charge in [-0.2, -0.15) is 13.2 Å². The standard InChI is InChI=1S/C20H21F3N2O4/c1-4-25(19(27)28-11(2)3)16-9-13(20(21,22)23)7-8-14(16)17(26)15-10-24-29-18(15)12-5-6-12/h7-12H,4-6H2,1-3H3. The van der Waals surface area contributed by atoms with Gasteiger partial charge >= 0.3 is 12.3 Å². The van der Waals surface area contributed by atoms with Gasteiger partial charge in [0.2, 0.25) is 0 Å². The van der Waals surface area contributed by atoms with Crippen LogP contribution in [0.2, 0.25) is 0 Å². The Kier molecular flexibility index (Phi) is 5.68. The second kappa shape index (κ2) is 7.88. The molecule has 1 aliphatic carbocycles. The lowest BCUT2D eigenvalue weighted by Gasteiger charge is -2.25. The van der Waals surface area contributed by atoms with E-state index in [4.69, 9.17) is 9.26 Å². The number of halogens is 3. The number of amides is 1. The summed E-state index contributed by atoms with van der Waals surface area (Å²) in [7, 11) is 0. The van der Waals surface area contributed by atoms with Crippen molar-refractivity contribution in [3.05, 3.63) is 46.8 Å². The molecule has 0 aliphatic heterocycles. The summed E-state index contributed by atoms with van der Waals surface area (Å²) in [6, 6.07) is 2.70. The SMILES string of the molecule is CCN(C(=O)OC(C)C)c1cc(C(F)(F)F)ccc1C(=O)c1cnoc1C1CC1. The van der Waals surface area contributed by atoms with E-state index in [-0.39, 0.29) is 29.3 Å². The van der Waals surface area contributed by atoms with E-state index < -0.39 is 29.7 Å². The average molecular weight is 410 g/mol. The zero-order chi connectivity index (χ0) is 21.3. The van der Waals surface area contributed by atoms with E-state index >= 15 is 0 Å². The first-order valence-corrected chi connectivity index (χ1v) is 9.32. The van der Waals surface area contributed by atoms with Gasteiger partial charge in [0.25, 0.3) is 0 Å². The van der Waals surface area contributed by atoms with E-state index in [2.05, 4.69) is 5.16 Å². The van der Waals surface area contributed by atoms with E-state index in [0.717, 1.165) is 35.9 Å². The maximum absolute atomic E-state index is 13.3. The predicted octanol–water partition coefficient (Wildman–Crippen LogP) is 5.17. The van der Waals surface area contributed by atoms with Crippen LogP contribution in [0, 0.1) is 0 Å². The number of rotatable bonds is 6. The first-order valence-electron chi connectivity index (χ1n) is 9.32. The molecule has 0 unspecified atom stereocenters. The van der Waals surface area contributed by atoms with E-state index in [1.165, 1.54) is 6.20 Å². The van der Waals surface area contributed by atoms with Crippen molar-refractivity contribution in [1.29, 1.82) is 0 Å². The zero-order valence-electron chi connectivity index (χ0n) is 16.2. The van der Waals surface area contributed by atoms with Crippen LogP contribution in [0.25, 0.3) is 0 Å². The summed E-state index contributed by atoms with van der Waals surface area (Å²) in [5.41, 5.74) is -0.985. The van der Waals surface area contributed by atoms with Crippen LogP contribution in [0.15, 0.2) is 28.9 Å². The Balaban J connectivity index is 2.09. The molecule has 1 aromatic carbocycles. The molecule has 2 aromatic rings. The van der Waals surface area contributed by atoms with Crippen LogP contribution < -0.4 is 4.90 Å². The third-order valence-electron chi connectivity index (χ3n) is 4.52. The Morgan fingerprint density at radius 1 is 1.28 bits per heavy atom. The fourth-order valence-corrected chi connectivity index (χ4v) is 2.99. The summed E-state index contributed by atoms with van der Waals surface area (Å²) in [6.45, 7) is 4.86. The number of alkyl halides is 3. The summed E-state index contributed by atoms with van der Waals surface area (Å²) < 4.78 is 50.2. The molecule has 1 aromatic heterocycles. The van der Waals surface area contributed by atoms with E-state index in [9.17, 15) is 22.8 Å². The summed E-state index contributed by atoms with van der Waals surface area (Å²) >= 11 is 0. The molecule has 0 bridgehead atoms. The topological polar surface area (TPSA) is 72.6 Å². The Morgan fingerprint density at radius 2 is 1.97 bits per heavy atom. The monoisotopic (exact) mass is 410 g/mol. The summed E-state index contributed by atoms with van der Waals surface area (Å²) in [4.78, 5) is 26.6. The number of anilines is 1. The number of benzene rings is 1. The van der Waals surface area contributed by atoms with Gasteiger partial charge in [0.1, 0.15) is 0 Å². The van der Waals surface area contributed by atoms with Gasteiger partial charge < -0.3 is 9.26 Å². The van der Waals surface area contributed by atoms with Crippen LogP contribution in [-0.2, 0) is 10.9 Å². The molecule has 0 saturated heterocycles. The molecule has 9 heteroatoms. The van der Waals surface area contributed by atoms with Crippen molar-refractivity contribution in [1.82, 2.24) is 5.16 Å². The van der Waals surface area contributed by atoms with Gasteiger partial charge in [-0.3, -0.25) is 9.69 Å². The highest BCUT2D eigenvalue weighted by Gasteiger charge is 2.36. The molecule has 156 valence electrons. The van der Waals surface area contributed by atoms with Gasteiger partial charge in [-0.1, -0.05) is 5.16 Å². The molecule has 1 aliphatic rings. The zero-order valence-corrected chi connectivity index (χ0v) is 16.2. The van der Waals surface area contributed by atoms with Crippen molar-refractivity contribution >= 4 is 17.6 Å². The highest BCUT2D eigenvalue weighted by molar-refractivity contribution is 6.14. The van der Waals surface area contributed by atoms with Crippen molar-refractivity contribution in [3.63, 3.8) is 0 Å². The quantitative estimate of drug-likeness (QED) is 0.614. The maximum Gasteiger partial charge on any atom is 0.416 e. The molecule has 0 atom stereocenters. The third-order valence-corrected chi connectivity index (χ3v) is 4.52. The Morgan fingerprint density at radius 3 is 2.52 bits per heavy atom. The Labute approximate surface area is 165 Å². The fourth-order valence-electron chi connectivity index (χ4n) is 2.99. The van der Waals surface area contributed by atoms with E-state index in [1.807, 2.05) is 0 Å². The summed E-state index contributed by atoms with van der Waals surface area (Å²) in [5.74, 6) is -0.0381. The van der Waals surface area contributed by atoms with Gasteiger partial charge in [-0.05, 0) is 51.8 Å². The summed E-state index contributed by atoms with van der Waals surface area (Å²) in [5, 5.41) is 3.67. The van der Waals surface area contributed by atoms with Crippen molar-refractivity contribution in [3.8, 4) is 0 Å². The van der Waals surface area contributed by atoms with Gasteiger partial charge in [0, 0.05) is 18.0 Å². The van der Waals surface area contributed by atoms with Crippen molar-refractivity contribution in [2.75, 3.05) is 11.4 Å². The predicted molar refractivity (Wildman–Crippen MR) is 98.0 cm³/mol. The second-order valence-corrected chi connectivity index (χ2v) is 7.11. The van der Waals surface area contributed by atoms with Crippen molar-refractivity contribution in [2.24, 2.45) is 0 Å². The Hall–Kier alpha value is -2.84. The van der Waals surface area contributed by atoms with Crippen molar-refractivity contribution < 1.29 is 32.0 Å². The van der Waals surface area contributed by atoms with Crippen LogP contribution in [0.5, 0.6) is 0 Å². The number of hydrogen-bond donors (Lipinski definition) is 0. The number of carbonyl (C=O) groups is 2. The second-order valence-electron chi connectivity index (χ2n) is 7.11. The van der Waals surface area contributed by atoms with E-state index in [0.29, 0.717) is 5.76 Å². The fraction of sp³-hybridized carbons (Fsp3) is 0.450. The van der Waals surface area contributed by atoms with Gasteiger partial charge in [-0.15, -0.1) is 0 Å². The minimum atomic E-state index is -4.63. The van der Waals surface area contributed by atoms with Crippen LogP contribution in [0.1, 0.15) is 66.8 Å². The van der Waals surface area contributed by atoms with Gasteiger partial charge in [-0.25, -0.2) is 4.79 Å². The molecule has 1 saturated carbocycles. The minimum absolute atomic E-state index is 0.0201. The molecule has 3 rings (SSSR count). The average Bonchev–Trinajstić information content (AvgIpc) is 3.37. The molecule has 1 fully saturated rings. The molecular weight excluding hydrogens is 389 g/mol. The number of ketones is 1. The lowest BCUT2D eigenvalue weighted by molar-refractivity contribution is -0.137. The number of aromatic nitrogens is 1. The highest BCUT2D eigenvalue weighted by Crippen LogP contribution is 2.42. The lowest BCUT2D eigenvalue weighted by atomic mass is 9.98. The maximum atomic E-state index is 13.3. The van der Waals surface area contributed by atoms with Gasteiger partial charge in [0.05, 0.1) is 29.1 Å². The van der Waals surface area contributed by atoms with Crippen LogP contribution >= 0.6 is 0 Å². The van der Waals surface area contributed by atoms with Crippen molar-refractivity contribution in [2.45, 2.75) is 51.8 Å². The third kappa shape index (κ3) is 4.44. The lowest BCUT2D eigenvalue weighted by Crippen LogP contribution is -2.34. The van der Waals surface area contributed by atoms with Gasteiger partial charge in [0.15, 0.2) is 11.5 Å². The number of carbonyl (C=O) groups excluding carboxylic acids is 2. The molecular formula is C20H21F3N2O4. The molecule has 1 amide bonds. The Bertz CT molecular complexity index is 917. The number of ether oxygens (including phenoxy) is 1. The van der Waals surface area contributed by atoms with Crippen LogP contribution in [0.4, 0.5) is 23.7 Å². The molecule has 0 spiro atoms. The highest BCUT2D eigenvalue weighted by atomic mass is 19.4.